The van der Waals surface area contributed by atoms with E-state index in [-0.39, 0.29) is 0 Å². The number of unbranched alkanes of at least 4 members (excludes halogenated alkanes) is 8. The molecule has 2 heteroatoms. The van der Waals surface area contributed by atoms with E-state index in [0.717, 1.165) is 37.6 Å². The van der Waals surface area contributed by atoms with Crippen molar-refractivity contribution in [1.29, 1.82) is 0 Å². The van der Waals surface area contributed by atoms with Crippen molar-refractivity contribution in [3.8, 4) is 11.5 Å². The molecule has 4 aromatic carbocycles. The Bertz CT molecular complexity index is 1030. The molecule has 0 atom stereocenters. The quantitative estimate of drug-likeness (QED) is 0.182. The molecule has 0 N–H and O–H groups in total. The molecule has 2 nitrogen and oxygen atoms in total. The van der Waals surface area contributed by atoms with E-state index >= 15 is 0 Å². The van der Waals surface area contributed by atoms with Gasteiger partial charge in [0.25, 0.3) is 0 Å². The summed E-state index contributed by atoms with van der Waals surface area (Å²) in [4.78, 5) is 0. The van der Waals surface area contributed by atoms with E-state index in [1.54, 1.807) is 0 Å². The zero-order valence-electron chi connectivity index (χ0n) is 19.7. The van der Waals surface area contributed by atoms with Crippen molar-refractivity contribution in [2.45, 2.75) is 57.8 Å². The summed E-state index contributed by atoms with van der Waals surface area (Å²) >= 11 is 0. The smallest absolute Gasteiger partial charge is 0.119 e. The van der Waals surface area contributed by atoms with Crippen molar-refractivity contribution in [2.24, 2.45) is 0 Å². The molecule has 33 heavy (non-hydrogen) atoms. The van der Waals surface area contributed by atoms with Gasteiger partial charge in [-0.1, -0.05) is 106 Å². The first kappa shape index (κ1) is 23.2. The van der Waals surface area contributed by atoms with Crippen LogP contribution in [0, 0.1) is 0 Å². The summed E-state index contributed by atoms with van der Waals surface area (Å²) in [6.07, 6.45) is 11.4. The summed E-state index contributed by atoms with van der Waals surface area (Å²) in [5.74, 6) is 1.97. The lowest BCUT2D eigenvalue weighted by molar-refractivity contribution is 0.303. The molecule has 0 aromatic heterocycles. The minimum Gasteiger partial charge on any atom is -0.494 e. The Hall–Kier alpha value is -3.00. The molecule has 0 unspecified atom stereocenters. The second-order valence-electron chi connectivity index (χ2n) is 8.90. The highest BCUT2D eigenvalue weighted by molar-refractivity contribution is 5.84. The van der Waals surface area contributed by atoms with Gasteiger partial charge in [0.2, 0.25) is 0 Å². The zero-order valence-corrected chi connectivity index (χ0v) is 19.7. The fourth-order valence-electron chi connectivity index (χ4n) is 4.34. The highest BCUT2D eigenvalue weighted by atomic mass is 16.5. The van der Waals surface area contributed by atoms with Crippen LogP contribution in [-0.2, 0) is 0 Å². The largest absolute Gasteiger partial charge is 0.494 e. The van der Waals surface area contributed by atoms with Crippen LogP contribution in [0.3, 0.4) is 0 Å². The van der Waals surface area contributed by atoms with Gasteiger partial charge in [-0.2, -0.15) is 0 Å². The summed E-state index contributed by atoms with van der Waals surface area (Å²) in [6, 6.07) is 29.6. The number of hydrogen-bond donors (Lipinski definition) is 0. The zero-order chi connectivity index (χ0) is 22.6. The maximum atomic E-state index is 5.94. The van der Waals surface area contributed by atoms with E-state index in [2.05, 4.69) is 84.9 Å². The van der Waals surface area contributed by atoms with Gasteiger partial charge in [-0.05, 0) is 58.7 Å². The molecule has 4 rings (SSSR count). The minimum absolute atomic E-state index is 0.815. The highest BCUT2D eigenvalue weighted by Gasteiger charge is 1.99. The van der Waals surface area contributed by atoms with Crippen LogP contribution in [0.25, 0.3) is 21.5 Å². The molecule has 0 fully saturated rings. The van der Waals surface area contributed by atoms with Crippen molar-refractivity contribution in [1.82, 2.24) is 0 Å². The number of fused-ring (bicyclic) bond motifs is 2. The van der Waals surface area contributed by atoms with E-state index < -0.39 is 0 Å². The molecule has 0 saturated carbocycles. The molecule has 0 aliphatic heterocycles. The van der Waals surface area contributed by atoms with Gasteiger partial charge >= 0.3 is 0 Å². The summed E-state index contributed by atoms with van der Waals surface area (Å²) in [5, 5.41) is 5.02. The molecule has 0 heterocycles. The lowest BCUT2D eigenvalue weighted by Gasteiger charge is -2.08. The second-order valence-corrected chi connectivity index (χ2v) is 8.90. The SMILES string of the molecule is c1ccc2cc(OCCCCCCCCCCCOc3ccc4ccccc4c3)ccc2c1. The topological polar surface area (TPSA) is 18.5 Å². The molecule has 0 aliphatic carbocycles. The maximum Gasteiger partial charge on any atom is 0.119 e. The van der Waals surface area contributed by atoms with Gasteiger partial charge in [-0.25, -0.2) is 0 Å². The predicted molar refractivity (Wildman–Crippen MR) is 140 cm³/mol. The average Bonchev–Trinajstić information content (AvgIpc) is 2.86. The lowest BCUT2D eigenvalue weighted by atomic mass is 10.1. The highest BCUT2D eigenvalue weighted by Crippen LogP contribution is 2.22. The van der Waals surface area contributed by atoms with E-state index in [1.165, 1.54) is 66.5 Å². The van der Waals surface area contributed by atoms with Crippen LogP contribution in [-0.4, -0.2) is 13.2 Å². The second kappa shape index (κ2) is 12.9. The molecule has 4 aromatic rings. The van der Waals surface area contributed by atoms with Crippen molar-refractivity contribution in [3.63, 3.8) is 0 Å². The van der Waals surface area contributed by atoms with E-state index in [4.69, 9.17) is 9.47 Å². The summed E-state index contributed by atoms with van der Waals surface area (Å²) in [7, 11) is 0. The van der Waals surface area contributed by atoms with Crippen LogP contribution < -0.4 is 9.47 Å². The Labute approximate surface area is 198 Å². The van der Waals surface area contributed by atoms with Crippen LogP contribution >= 0.6 is 0 Å². The van der Waals surface area contributed by atoms with Crippen LogP contribution in [0.5, 0.6) is 11.5 Å². The summed E-state index contributed by atoms with van der Waals surface area (Å²) in [6.45, 7) is 1.63. The van der Waals surface area contributed by atoms with Gasteiger partial charge in [0.1, 0.15) is 11.5 Å². The van der Waals surface area contributed by atoms with Crippen molar-refractivity contribution >= 4 is 21.5 Å². The molecule has 0 bridgehead atoms. The summed E-state index contributed by atoms with van der Waals surface area (Å²) < 4.78 is 11.9. The molecule has 0 aliphatic rings. The Morgan fingerprint density at radius 2 is 0.727 bits per heavy atom. The van der Waals surface area contributed by atoms with Crippen LogP contribution in [0.4, 0.5) is 0 Å². The van der Waals surface area contributed by atoms with Gasteiger partial charge in [-0.3, -0.25) is 0 Å². The number of rotatable bonds is 14. The molecule has 0 amide bonds. The number of hydrogen-bond acceptors (Lipinski definition) is 2. The van der Waals surface area contributed by atoms with Crippen LogP contribution in [0.1, 0.15) is 57.8 Å². The third-order valence-electron chi connectivity index (χ3n) is 6.27. The number of ether oxygens (including phenoxy) is 2. The van der Waals surface area contributed by atoms with Crippen LogP contribution in [0.15, 0.2) is 84.9 Å². The van der Waals surface area contributed by atoms with Gasteiger partial charge in [0.05, 0.1) is 13.2 Å². The fourth-order valence-corrected chi connectivity index (χ4v) is 4.34. The van der Waals surface area contributed by atoms with E-state index in [0.29, 0.717) is 0 Å². The first-order valence-corrected chi connectivity index (χ1v) is 12.6. The monoisotopic (exact) mass is 440 g/mol. The molecular weight excluding hydrogens is 404 g/mol. The number of benzene rings is 4. The Kier molecular flexibility index (Phi) is 9.05. The van der Waals surface area contributed by atoms with Gasteiger partial charge < -0.3 is 9.47 Å². The molecule has 0 radical (unpaired) electrons. The third kappa shape index (κ3) is 7.53. The summed E-state index contributed by atoms with van der Waals surface area (Å²) in [5.41, 5.74) is 0. The maximum absolute atomic E-state index is 5.94. The molecular formula is C31H36O2. The predicted octanol–water partition coefficient (Wildman–Crippen LogP) is 8.96. The van der Waals surface area contributed by atoms with Crippen LogP contribution in [0.2, 0.25) is 0 Å². The normalized spacial score (nSPS) is 11.2. The van der Waals surface area contributed by atoms with E-state index in [9.17, 15) is 0 Å². The minimum atomic E-state index is 0.815. The molecule has 0 spiro atoms. The first-order chi connectivity index (χ1) is 16.4. The van der Waals surface area contributed by atoms with Crippen molar-refractivity contribution < 1.29 is 9.47 Å². The molecule has 172 valence electrons. The average molecular weight is 441 g/mol. The van der Waals surface area contributed by atoms with Gasteiger partial charge in [-0.15, -0.1) is 0 Å². The van der Waals surface area contributed by atoms with E-state index in [1.807, 2.05) is 0 Å². The standard InChI is InChI=1S/C31H36O2/c1(2-4-6-12-22-32-30-20-18-26-14-8-10-16-28(26)24-30)3-5-7-13-23-33-31-21-19-27-15-9-11-17-29(27)25-31/h8-11,14-21,24-25H,1-7,12-13,22-23H2. The van der Waals surface area contributed by atoms with Gasteiger partial charge in [0.15, 0.2) is 0 Å². The Morgan fingerprint density at radius 3 is 1.15 bits per heavy atom. The first-order valence-electron chi connectivity index (χ1n) is 12.6. The third-order valence-corrected chi connectivity index (χ3v) is 6.27. The van der Waals surface area contributed by atoms with Crippen molar-refractivity contribution in [3.05, 3.63) is 84.9 Å². The lowest BCUT2D eigenvalue weighted by Crippen LogP contribution is -1.97. The Balaban J connectivity index is 0.967. The van der Waals surface area contributed by atoms with Gasteiger partial charge in [0, 0.05) is 0 Å². The fraction of sp³-hybridized carbons (Fsp3) is 0.355. The van der Waals surface area contributed by atoms with Crippen molar-refractivity contribution in [2.75, 3.05) is 13.2 Å². The molecule has 0 saturated heterocycles. The Morgan fingerprint density at radius 1 is 0.364 bits per heavy atom.